The Morgan fingerprint density at radius 1 is 1.67 bits per heavy atom. The maximum absolute atomic E-state index is 11.3. The zero-order chi connectivity index (χ0) is 11.6. The quantitative estimate of drug-likeness (QED) is 0.770. The summed E-state index contributed by atoms with van der Waals surface area (Å²) in [5.41, 5.74) is 0.882. The van der Waals surface area contributed by atoms with Crippen LogP contribution in [0.25, 0.3) is 0 Å². The Balaban J connectivity index is 2.56. The number of hydrogen-bond donors (Lipinski definition) is 1. The molecule has 6 heteroatoms. The Morgan fingerprint density at radius 3 is 2.67 bits per heavy atom. The Labute approximate surface area is 101 Å². The first-order chi connectivity index (χ1) is 6.80. The Kier molecular flexibility index (Phi) is 4.20. The molecule has 0 unspecified atom stereocenters. The molecule has 1 N–H and O–H groups in total. The van der Waals surface area contributed by atoms with E-state index in [9.17, 15) is 8.42 Å². The summed E-state index contributed by atoms with van der Waals surface area (Å²) in [5.74, 6) is 0.170. The van der Waals surface area contributed by atoms with Gasteiger partial charge < -0.3 is 5.32 Å². The molecule has 1 rings (SSSR count). The number of thiocarbonyl (C=S) groups is 1. The van der Waals surface area contributed by atoms with Gasteiger partial charge in [0, 0.05) is 16.7 Å². The molecule has 0 fully saturated rings. The third kappa shape index (κ3) is 4.12. The van der Waals surface area contributed by atoms with E-state index in [1.807, 2.05) is 20.8 Å². The Bertz CT molecular complexity index is 384. The number of rotatable bonds is 2. The second-order valence-corrected chi connectivity index (χ2v) is 7.66. The SMILES string of the molecule is CC1=CS(=O)(=O)C[C@@H]1SC(=S)NC(C)C. The Hall–Kier alpha value is -0.0700. The molecule has 1 heterocycles. The third-order valence-electron chi connectivity index (χ3n) is 1.91. The summed E-state index contributed by atoms with van der Waals surface area (Å²) in [7, 11) is -2.99. The van der Waals surface area contributed by atoms with Crippen molar-refractivity contribution in [3.05, 3.63) is 11.0 Å². The number of sulfone groups is 1. The maximum Gasteiger partial charge on any atom is 0.173 e. The molecule has 0 radical (unpaired) electrons. The predicted molar refractivity (Wildman–Crippen MR) is 69.8 cm³/mol. The van der Waals surface area contributed by atoms with Gasteiger partial charge in [-0.1, -0.05) is 24.0 Å². The smallest absolute Gasteiger partial charge is 0.173 e. The largest absolute Gasteiger partial charge is 0.369 e. The van der Waals surface area contributed by atoms with Gasteiger partial charge in [-0.25, -0.2) is 8.42 Å². The highest BCUT2D eigenvalue weighted by molar-refractivity contribution is 8.23. The van der Waals surface area contributed by atoms with Crippen LogP contribution in [-0.4, -0.2) is 29.8 Å². The fourth-order valence-electron chi connectivity index (χ4n) is 1.28. The van der Waals surface area contributed by atoms with Gasteiger partial charge in [0.25, 0.3) is 0 Å². The zero-order valence-corrected chi connectivity index (χ0v) is 11.4. The molecule has 86 valence electrons. The predicted octanol–water partition coefficient (Wildman–Crippen LogP) is 1.70. The summed E-state index contributed by atoms with van der Waals surface area (Å²) >= 11 is 6.54. The second-order valence-electron chi connectivity index (χ2n) is 3.88. The van der Waals surface area contributed by atoms with Crippen molar-refractivity contribution in [3.8, 4) is 0 Å². The maximum atomic E-state index is 11.3. The van der Waals surface area contributed by atoms with Gasteiger partial charge in [-0.15, -0.1) is 0 Å². The number of thioether (sulfide) groups is 1. The van der Waals surface area contributed by atoms with Crippen molar-refractivity contribution in [2.24, 2.45) is 0 Å². The standard InChI is InChI=1S/C9H15NO2S3/c1-6(2)10-9(13)14-8-5-15(11,12)4-7(8)3/h4,6,8H,5H2,1-3H3,(H,10,13)/t8-/m0/s1. The molecule has 1 atom stereocenters. The van der Waals surface area contributed by atoms with E-state index >= 15 is 0 Å². The lowest BCUT2D eigenvalue weighted by atomic mass is 10.3. The van der Waals surface area contributed by atoms with Gasteiger partial charge in [-0.2, -0.15) is 0 Å². The van der Waals surface area contributed by atoms with Crippen LogP contribution in [-0.2, 0) is 9.84 Å². The molecule has 0 saturated heterocycles. The highest BCUT2D eigenvalue weighted by atomic mass is 32.2. The molecule has 1 aliphatic heterocycles. The second kappa shape index (κ2) is 4.84. The van der Waals surface area contributed by atoms with Crippen molar-refractivity contribution < 1.29 is 8.42 Å². The molecular weight excluding hydrogens is 250 g/mol. The summed E-state index contributed by atoms with van der Waals surface area (Å²) in [4.78, 5) is 0. The molecule has 1 aliphatic rings. The summed E-state index contributed by atoms with van der Waals surface area (Å²) in [5, 5.41) is 4.42. The van der Waals surface area contributed by atoms with Crippen LogP contribution < -0.4 is 5.32 Å². The van der Waals surface area contributed by atoms with Gasteiger partial charge >= 0.3 is 0 Å². The van der Waals surface area contributed by atoms with Crippen LogP contribution in [0.15, 0.2) is 11.0 Å². The fraction of sp³-hybridized carbons (Fsp3) is 0.667. The van der Waals surface area contributed by atoms with Crippen molar-refractivity contribution in [3.63, 3.8) is 0 Å². The van der Waals surface area contributed by atoms with Crippen LogP contribution in [0.3, 0.4) is 0 Å². The molecule has 0 amide bonds. The first-order valence-electron chi connectivity index (χ1n) is 4.68. The molecule has 0 bridgehead atoms. The first kappa shape index (κ1) is 13.0. The normalized spacial score (nSPS) is 24.0. The van der Waals surface area contributed by atoms with E-state index in [2.05, 4.69) is 5.32 Å². The highest BCUT2D eigenvalue weighted by Gasteiger charge is 2.28. The van der Waals surface area contributed by atoms with E-state index < -0.39 is 9.84 Å². The molecular formula is C9H15NO2S3. The van der Waals surface area contributed by atoms with Crippen molar-refractivity contribution >= 4 is 38.1 Å². The molecule has 0 aromatic heterocycles. The van der Waals surface area contributed by atoms with Gasteiger partial charge in [0.2, 0.25) is 0 Å². The highest BCUT2D eigenvalue weighted by Crippen LogP contribution is 2.28. The topological polar surface area (TPSA) is 46.2 Å². The van der Waals surface area contributed by atoms with Gasteiger partial charge in [0.1, 0.15) is 4.32 Å². The third-order valence-corrected chi connectivity index (χ3v) is 5.21. The summed E-state index contributed by atoms with van der Waals surface area (Å²) in [6.07, 6.45) is 0. The van der Waals surface area contributed by atoms with Crippen LogP contribution in [0, 0.1) is 0 Å². The lowest BCUT2D eigenvalue weighted by Gasteiger charge is -2.14. The van der Waals surface area contributed by atoms with Gasteiger partial charge in [0.15, 0.2) is 9.84 Å². The van der Waals surface area contributed by atoms with E-state index in [1.165, 1.54) is 17.2 Å². The zero-order valence-electron chi connectivity index (χ0n) is 8.98. The summed E-state index contributed by atoms with van der Waals surface area (Å²) in [6, 6.07) is 0.285. The minimum Gasteiger partial charge on any atom is -0.369 e. The van der Waals surface area contributed by atoms with Crippen LogP contribution in [0.1, 0.15) is 20.8 Å². The van der Waals surface area contributed by atoms with Gasteiger partial charge in [0.05, 0.1) is 5.75 Å². The van der Waals surface area contributed by atoms with Gasteiger partial charge in [-0.05, 0) is 26.3 Å². The van der Waals surface area contributed by atoms with E-state index in [1.54, 1.807) is 0 Å². The Morgan fingerprint density at radius 2 is 2.27 bits per heavy atom. The molecule has 0 spiro atoms. The van der Waals surface area contributed by atoms with Gasteiger partial charge in [-0.3, -0.25) is 0 Å². The lowest BCUT2D eigenvalue weighted by Crippen LogP contribution is -2.28. The fourth-order valence-corrected chi connectivity index (χ4v) is 5.11. The van der Waals surface area contributed by atoms with E-state index in [4.69, 9.17) is 12.2 Å². The van der Waals surface area contributed by atoms with E-state index in [0.29, 0.717) is 4.32 Å². The van der Waals surface area contributed by atoms with Crippen molar-refractivity contribution in [1.82, 2.24) is 5.32 Å². The van der Waals surface area contributed by atoms with Crippen LogP contribution in [0.5, 0.6) is 0 Å². The molecule has 0 saturated carbocycles. The van der Waals surface area contributed by atoms with E-state index in [0.717, 1.165) is 5.57 Å². The molecule has 15 heavy (non-hydrogen) atoms. The van der Waals surface area contributed by atoms with E-state index in [-0.39, 0.29) is 17.0 Å². The molecule has 0 aliphatic carbocycles. The molecule has 0 aromatic carbocycles. The lowest BCUT2D eigenvalue weighted by molar-refractivity contribution is 0.606. The minimum absolute atomic E-state index is 0.0197. The van der Waals surface area contributed by atoms with Crippen LogP contribution in [0.4, 0.5) is 0 Å². The van der Waals surface area contributed by atoms with Crippen LogP contribution >= 0.6 is 24.0 Å². The average molecular weight is 265 g/mol. The van der Waals surface area contributed by atoms with Crippen LogP contribution in [0.2, 0.25) is 0 Å². The monoisotopic (exact) mass is 265 g/mol. The summed E-state index contributed by atoms with van der Waals surface area (Å²) in [6.45, 7) is 5.84. The summed E-state index contributed by atoms with van der Waals surface area (Å²) < 4.78 is 23.3. The molecule has 3 nitrogen and oxygen atoms in total. The van der Waals surface area contributed by atoms with Crippen molar-refractivity contribution in [1.29, 1.82) is 0 Å². The average Bonchev–Trinajstić information content (AvgIpc) is 2.22. The number of nitrogens with one attached hydrogen (secondary N) is 1. The van der Waals surface area contributed by atoms with Crippen molar-refractivity contribution in [2.75, 3.05) is 5.75 Å². The molecule has 0 aromatic rings. The number of hydrogen-bond acceptors (Lipinski definition) is 4. The first-order valence-corrected chi connectivity index (χ1v) is 7.68. The van der Waals surface area contributed by atoms with Crippen molar-refractivity contribution in [2.45, 2.75) is 32.1 Å². The minimum atomic E-state index is -2.99.